The third-order valence-corrected chi connectivity index (χ3v) is 2.22. The van der Waals surface area contributed by atoms with Crippen molar-refractivity contribution in [3.8, 4) is 0 Å². The molecule has 1 aliphatic carbocycles. The number of likely N-dealkylation sites (N-methyl/N-ethyl adjacent to an activating group) is 1. The number of hydrogen-bond donors (Lipinski definition) is 0. The minimum Gasteiger partial charge on any atom is -0.372 e. The molecule has 0 heterocycles. The maximum absolute atomic E-state index is 4.05. The Morgan fingerprint density at radius 1 is 1.42 bits per heavy atom. The highest BCUT2D eigenvalue weighted by atomic mass is 15.1. The summed E-state index contributed by atoms with van der Waals surface area (Å²) in [7, 11) is 0. The summed E-state index contributed by atoms with van der Waals surface area (Å²) < 4.78 is 0. The lowest BCUT2D eigenvalue weighted by molar-refractivity contribution is 0.387. The van der Waals surface area contributed by atoms with E-state index >= 15 is 0 Å². The van der Waals surface area contributed by atoms with Crippen molar-refractivity contribution in [1.29, 1.82) is 0 Å². The summed E-state index contributed by atoms with van der Waals surface area (Å²) in [5.74, 6) is 0. The number of nitrogens with zero attached hydrogens (tertiary/aromatic N) is 1. The van der Waals surface area contributed by atoms with Crippen molar-refractivity contribution >= 4 is 0 Å². The summed E-state index contributed by atoms with van der Waals surface area (Å²) in [5.41, 5.74) is 2.55. The number of allylic oxidation sites excluding steroid dienone is 4. The van der Waals surface area contributed by atoms with Crippen LogP contribution in [0, 0.1) is 0 Å². The van der Waals surface area contributed by atoms with Crippen LogP contribution in [0.5, 0.6) is 0 Å². The van der Waals surface area contributed by atoms with E-state index in [4.69, 9.17) is 0 Å². The first kappa shape index (κ1) is 9.11. The van der Waals surface area contributed by atoms with Crippen molar-refractivity contribution < 1.29 is 0 Å². The average molecular weight is 163 g/mol. The van der Waals surface area contributed by atoms with E-state index < -0.39 is 0 Å². The molecule has 0 aromatic rings. The fourth-order valence-electron chi connectivity index (χ4n) is 1.49. The van der Waals surface area contributed by atoms with Crippen LogP contribution >= 0.6 is 0 Å². The first-order valence-corrected chi connectivity index (χ1v) is 4.59. The zero-order valence-corrected chi connectivity index (χ0v) is 8.01. The second-order valence-corrected chi connectivity index (χ2v) is 2.96. The summed E-state index contributed by atoms with van der Waals surface area (Å²) in [4.78, 5) is 2.34. The Bertz CT molecular complexity index is 219. The van der Waals surface area contributed by atoms with Crippen LogP contribution in [-0.4, -0.2) is 18.0 Å². The lowest BCUT2D eigenvalue weighted by atomic mass is 10.0. The molecule has 0 aromatic heterocycles. The van der Waals surface area contributed by atoms with Gasteiger partial charge in [0.15, 0.2) is 0 Å². The molecule has 0 fully saturated rings. The van der Waals surface area contributed by atoms with Gasteiger partial charge in [-0.2, -0.15) is 0 Å². The van der Waals surface area contributed by atoms with Crippen molar-refractivity contribution in [2.45, 2.75) is 20.3 Å². The predicted molar refractivity (Wildman–Crippen MR) is 53.9 cm³/mol. The summed E-state index contributed by atoms with van der Waals surface area (Å²) in [6, 6.07) is 0. The molecule has 12 heavy (non-hydrogen) atoms. The van der Waals surface area contributed by atoms with Crippen LogP contribution in [0.2, 0.25) is 0 Å². The fraction of sp³-hybridized carbons (Fsp3) is 0.455. The molecular weight excluding hydrogens is 146 g/mol. The van der Waals surface area contributed by atoms with Crippen LogP contribution in [-0.2, 0) is 0 Å². The van der Waals surface area contributed by atoms with Gasteiger partial charge in [0, 0.05) is 18.8 Å². The highest BCUT2D eigenvalue weighted by Gasteiger charge is 2.09. The molecule has 0 atom stereocenters. The Morgan fingerprint density at radius 3 is 2.58 bits per heavy atom. The Hall–Kier alpha value is -0.980. The number of rotatable bonds is 3. The molecule has 0 N–H and O–H groups in total. The Morgan fingerprint density at radius 2 is 2.08 bits per heavy atom. The van der Waals surface area contributed by atoms with Gasteiger partial charge in [0.05, 0.1) is 0 Å². The molecule has 0 aromatic carbocycles. The van der Waals surface area contributed by atoms with Gasteiger partial charge in [-0.3, -0.25) is 0 Å². The molecule has 66 valence electrons. The predicted octanol–water partition coefficient (Wildman–Crippen LogP) is 2.73. The first-order valence-electron chi connectivity index (χ1n) is 4.59. The van der Waals surface area contributed by atoms with Gasteiger partial charge in [0.1, 0.15) is 0 Å². The summed E-state index contributed by atoms with van der Waals surface area (Å²) in [6.07, 6.45) is 7.42. The molecule has 0 saturated heterocycles. The quantitative estimate of drug-likeness (QED) is 0.618. The first-order chi connectivity index (χ1) is 5.79. The van der Waals surface area contributed by atoms with Crippen LogP contribution in [0.1, 0.15) is 20.3 Å². The van der Waals surface area contributed by atoms with Gasteiger partial charge >= 0.3 is 0 Å². The van der Waals surface area contributed by atoms with E-state index in [0.717, 1.165) is 19.5 Å². The van der Waals surface area contributed by atoms with E-state index in [2.05, 4.69) is 43.6 Å². The standard InChI is InChI=1S/C11H17N/c1-4-12(5-2)11-9-7-6-8-10(11)3/h6-7,9H,3-5,8H2,1-2H3. The minimum absolute atomic E-state index is 1.00. The molecule has 0 spiro atoms. The monoisotopic (exact) mass is 163 g/mol. The van der Waals surface area contributed by atoms with Crippen molar-refractivity contribution in [2.24, 2.45) is 0 Å². The van der Waals surface area contributed by atoms with Crippen LogP contribution in [0.15, 0.2) is 36.1 Å². The second-order valence-electron chi connectivity index (χ2n) is 2.96. The zero-order valence-electron chi connectivity index (χ0n) is 8.01. The molecule has 1 rings (SSSR count). The molecule has 0 radical (unpaired) electrons. The minimum atomic E-state index is 1.00. The van der Waals surface area contributed by atoms with Gasteiger partial charge in [0.25, 0.3) is 0 Å². The highest BCUT2D eigenvalue weighted by molar-refractivity contribution is 5.36. The third kappa shape index (κ3) is 1.79. The third-order valence-electron chi connectivity index (χ3n) is 2.22. The molecule has 0 unspecified atom stereocenters. The van der Waals surface area contributed by atoms with Gasteiger partial charge in [0.2, 0.25) is 0 Å². The van der Waals surface area contributed by atoms with Gasteiger partial charge < -0.3 is 4.90 Å². The highest BCUT2D eigenvalue weighted by Crippen LogP contribution is 2.20. The SMILES string of the molecule is C=C1CC=CC=C1N(CC)CC. The van der Waals surface area contributed by atoms with Gasteiger partial charge in [-0.1, -0.05) is 18.7 Å². The van der Waals surface area contributed by atoms with E-state index in [1.807, 2.05) is 0 Å². The van der Waals surface area contributed by atoms with Crippen molar-refractivity contribution in [3.05, 3.63) is 36.1 Å². The number of hydrogen-bond acceptors (Lipinski definition) is 1. The summed E-state index contributed by atoms with van der Waals surface area (Å²) in [5, 5.41) is 0. The van der Waals surface area contributed by atoms with E-state index in [9.17, 15) is 0 Å². The van der Waals surface area contributed by atoms with Crippen LogP contribution < -0.4 is 0 Å². The lowest BCUT2D eigenvalue weighted by Crippen LogP contribution is -2.23. The van der Waals surface area contributed by atoms with Gasteiger partial charge in [-0.15, -0.1) is 0 Å². The fourth-order valence-corrected chi connectivity index (χ4v) is 1.49. The van der Waals surface area contributed by atoms with Gasteiger partial charge in [-0.05, 0) is 31.9 Å². The van der Waals surface area contributed by atoms with Crippen molar-refractivity contribution in [2.75, 3.05) is 13.1 Å². The molecule has 0 saturated carbocycles. The van der Waals surface area contributed by atoms with Crippen LogP contribution in [0.4, 0.5) is 0 Å². The lowest BCUT2D eigenvalue weighted by Gasteiger charge is -2.26. The molecule has 0 amide bonds. The van der Waals surface area contributed by atoms with Crippen molar-refractivity contribution in [3.63, 3.8) is 0 Å². The molecule has 0 aliphatic heterocycles. The molecule has 1 heteroatoms. The maximum Gasteiger partial charge on any atom is 0.0395 e. The second kappa shape index (κ2) is 4.15. The smallest absolute Gasteiger partial charge is 0.0395 e. The summed E-state index contributed by atoms with van der Waals surface area (Å²) >= 11 is 0. The van der Waals surface area contributed by atoms with E-state index in [0.29, 0.717) is 0 Å². The van der Waals surface area contributed by atoms with Crippen LogP contribution in [0.3, 0.4) is 0 Å². The average Bonchev–Trinajstić information content (AvgIpc) is 2.10. The molecule has 1 nitrogen and oxygen atoms in total. The van der Waals surface area contributed by atoms with E-state index in [1.54, 1.807) is 0 Å². The molecule has 1 aliphatic rings. The van der Waals surface area contributed by atoms with Crippen LogP contribution in [0.25, 0.3) is 0 Å². The molecular formula is C11H17N. The summed E-state index contributed by atoms with van der Waals surface area (Å²) in [6.45, 7) is 10.5. The topological polar surface area (TPSA) is 3.24 Å². The Labute approximate surface area is 75.1 Å². The Balaban J connectivity index is 2.76. The maximum atomic E-state index is 4.05. The normalized spacial score (nSPS) is 16.2. The van der Waals surface area contributed by atoms with Crippen molar-refractivity contribution in [1.82, 2.24) is 4.90 Å². The largest absolute Gasteiger partial charge is 0.372 e. The van der Waals surface area contributed by atoms with E-state index in [-0.39, 0.29) is 0 Å². The van der Waals surface area contributed by atoms with E-state index in [1.165, 1.54) is 11.3 Å². The Kier molecular flexibility index (Phi) is 3.15. The van der Waals surface area contributed by atoms with Gasteiger partial charge in [-0.25, -0.2) is 0 Å². The zero-order chi connectivity index (χ0) is 8.97. The molecule has 0 bridgehead atoms.